The number of aliphatic imine (C=N–C) groups is 1. The molecule has 1 heterocycles. The second kappa shape index (κ2) is 5.85. The van der Waals surface area contributed by atoms with Gasteiger partial charge in [-0.15, -0.1) is 0 Å². The van der Waals surface area contributed by atoms with E-state index < -0.39 is 0 Å². The highest BCUT2D eigenvalue weighted by Crippen LogP contribution is 2.22. The third-order valence-corrected chi connectivity index (χ3v) is 3.09. The number of oxazole rings is 1. The zero-order valence-corrected chi connectivity index (χ0v) is 11.8. The first-order valence-electron chi connectivity index (χ1n) is 6.38. The smallest absolute Gasteiger partial charge is 0.302 e. The quantitative estimate of drug-likeness (QED) is 0.574. The maximum absolute atomic E-state index is 5.90. The molecule has 21 heavy (non-hydrogen) atoms. The highest BCUT2D eigenvalue weighted by molar-refractivity contribution is 6.31. The molecule has 0 aliphatic carbocycles. The summed E-state index contributed by atoms with van der Waals surface area (Å²) in [4.78, 5) is 8.48. The third-order valence-electron chi connectivity index (χ3n) is 2.86. The molecule has 5 nitrogen and oxygen atoms in total. The summed E-state index contributed by atoms with van der Waals surface area (Å²) in [6.07, 6.45) is 0. The van der Waals surface area contributed by atoms with Crippen molar-refractivity contribution in [2.24, 2.45) is 10.7 Å². The Morgan fingerprint density at radius 3 is 2.86 bits per heavy atom. The van der Waals surface area contributed by atoms with Crippen LogP contribution in [0.2, 0.25) is 5.02 Å². The van der Waals surface area contributed by atoms with Crippen LogP contribution in [-0.2, 0) is 6.54 Å². The number of nitrogens with one attached hydrogen (secondary N) is 1. The molecule has 0 saturated carbocycles. The van der Waals surface area contributed by atoms with Crippen molar-refractivity contribution in [3.8, 4) is 0 Å². The first-order valence-corrected chi connectivity index (χ1v) is 6.75. The summed E-state index contributed by atoms with van der Waals surface area (Å²) in [7, 11) is 0. The lowest BCUT2D eigenvalue weighted by atomic mass is 10.2. The number of aromatic nitrogens is 1. The summed E-state index contributed by atoms with van der Waals surface area (Å²) >= 11 is 5.90. The summed E-state index contributed by atoms with van der Waals surface area (Å²) in [5.74, 6) is 0.247. The summed E-state index contributed by atoms with van der Waals surface area (Å²) in [6, 6.07) is 15.4. The maximum Gasteiger partial charge on any atom is 0.302 e. The van der Waals surface area contributed by atoms with Crippen LogP contribution in [0, 0.1) is 0 Å². The van der Waals surface area contributed by atoms with Gasteiger partial charge in [0.1, 0.15) is 5.52 Å². The predicted octanol–water partition coefficient (Wildman–Crippen LogP) is 3.41. The van der Waals surface area contributed by atoms with Gasteiger partial charge < -0.3 is 10.2 Å². The van der Waals surface area contributed by atoms with Crippen molar-refractivity contribution in [2.45, 2.75) is 6.54 Å². The van der Waals surface area contributed by atoms with Crippen molar-refractivity contribution in [1.82, 2.24) is 4.98 Å². The fourth-order valence-electron chi connectivity index (χ4n) is 1.86. The third kappa shape index (κ3) is 3.32. The molecule has 0 radical (unpaired) electrons. The van der Waals surface area contributed by atoms with Gasteiger partial charge in [0, 0.05) is 5.02 Å². The summed E-state index contributed by atoms with van der Waals surface area (Å²) in [6.45, 7) is 0.492. The van der Waals surface area contributed by atoms with Crippen LogP contribution in [0.25, 0.3) is 11.1 Å². The molecule has 6 heteroatoms. The molecule has 0 unspecified atom stereocenters. The number of halogens is 1. The van der Waals surface area contributed by atoms with Gasteiger partial charge in [-0.25, -0.2) is 4.99 Å². The van der Waals surface area contributed by atoms with Crippen LogP contribution in [0.3, 0.4) is 0 Å². The van der Waals surface area contributed by atoms with Crippen LogP contribution < -0.4 is 11.1 Å². The minimum atomic E-state index is 0.247. The summed E-state index contributed by atoms with van der Waals surface area (Å²) in [5, 5.41) is 3.43. The molecule has 2 aromatic carbocycles. The molecule has 0 amide bonds. The Labute approximate surface area is 126 Å². The molecule has 0 aliphatic heterocycles. The zero-order chi connectivity index (χ0) is 14.7. The van der Waals surface area contributed by atoms with E-state index in [4.69, 9.17) is 21.8 Å². The average Bonchev–Trinajstić information content (AvgIpc) is 2.87. The van der Waals surface area contributed by atoms with Crippen molar-refractivity contribution in [1.29, 1.82) is 0 Å². The van der Waals surface area contributed by atoms with Gasteiger partial charge in [0.25, 0.3) is 0 Å². The van der Waals surface area contributed by atoms with Crippen LogP contribution in [0.4, 0.5) is 6.01 Å². The number of hydrogen-bond donors (Lipinski definition) is 2. The van der Waals surface area contributed by atoms with E-state index in [0.717, 1.165) is 5.56 Å². The van der Waals surface area contributed by atoms with E-state index in [2.05, 4.69) is 15.3 Å². The molecule has 0 fully saturated rings. The van der Waals surface area contributed by atoms with E-state index in [1.54, 1.807) is 18.2 Å². The average molecular weight is 301 g/mol. The monoisotopic (exact) mass is 300 g/mol. The van der Waals surface area contributed by atoms with Crippen molar-refractivity contribution < 1.29 is 4.42 Å². The van der Waals surface area contributed by atoms with E-state index in [1.807, 2.05) is 30.3 Å². The lowest BCUT2D eigenvalue weighted by Crippen LogP contribution is -2.22. The molecule has 3 N–H and O–H groups in total. The van der Waals surface area contributed by atoms with Gasteiger partial charge in [-0.2, -0.15) is 4.98 Å². The van der Waals surface area contributed by atoms with Crippen molar-refractivity contribution in [3.63, 3.8) is 0 Å². The highest BCUT2D eigenvalue weighted by Gasteiger charge is 2.06. The lowest BCUT2D eigenvalue weighted by Gasteiger charge is -2.00. The zero-order valence-electron chi connectivity index (χ0n) is 11.1. The second-order valence-corrected chi connectivity index (χ2v) is 4.88. The molecule has 0 spiro atoms. The van der Waals surface area contributed by atoms with Gasteiger partial charge in [-0.05, 0) is 23.8 Å². The van der Waals surface area contributed by atoms with Crippen molar-refractivity contribution in [2.75, 3.05) is 5.32 Å². The molecular formula is C15H13ClN4O. The number of hydrogen-bond acceptors (Lipinski definition) is 3. The van der Waals surface area contributed by atoms with E-state index in [-0.39, 0.29) is 5.96 Å². The van der Waals surface area contributed by atoms with Crippen LogP contribution >= 0.6 is 11.6 Å². The lowest BCUT2D eigenvalue weighted by molar-refractivity contribution is 0.624. The van der Waals surface area contributed by atoms with E-state index in [1.165, 1.54) is 0 Å². The maximum atomic E-state index is 5.90. The van der Waals surface area contributed by atoms with Gasteiger partial charge in [0.2, 0.25) is 0 Å². The van der Waals surface area contributed by atoms with Gasteiger partial charge in [0.15, 0.2) is 11.5 Å². The molecule has 106 valence electrons. The molecular weight excluding hydrogens is 288 g/mol. The van der Waals surface area contributed by atoms with Crippen LogP contribution in [-0.4, -0.2) is 10.9 Å². The number of anilines is 1. The van der Waals surface area contributed by atoms with Gasteiger partial charge in [0.05, 0.1) is 6.54 Å². The standard InChI is InChI=1S/C15H13ClN4O/c16-11-6-7-13-12(8-11)19-15(21-13)20-14(17)18-9-10-4-2-1-3-5-10/h1-8H,9H2,(H3,17,18,19,20). The molecule has 0 saturated heterocycles. The first-order chi connectivity index (χ1) is 10.2. The number of nitrogens with zero attached hydrogens (tertiary/aromatic N) is 2. The first kappa shape index (κ1) is 13.5. The number of benzene rings is 2. The Bertz CT molecular complexity index is 783. The number of fused-ring (bicyclic) bond motifs is 1. The van der Waals surface area contributed by atoms with Crippen LogP contribution in [0.15, 0.2) is 57.9 Å². The van der Waals surface area contributed by atoms with E-state index in [9.17, 15) is 0 Å². The van der Waals surface area contributed by atoms with Crippen LogP contribution in [0.5, 0.6) is 0 Å². The van der Waals surface area contributed by atoms with Crippen molar-refractivity contribution >= 4 is 34.7 Å². The van der Waals surface area contributed by atoms with E-state index >= 15 is 0 Å². The molecule has 0 atom stereocenters. The Hall–Kier alpha value is -2.53. The number of rotatable bonds is 3. The molecule has 3 aromatic rings. The van der Waals surface area contributed by atoms with Gasteiger partial charge in [-0.1, -0.05) is 41.9 Å². The molecule has 0 bridgehead atoms. The Morgan fingerprint density at radius 2 is 2.05 bits per heavy atom. The largest absolute Gasteiger partial charge is 0.423 e. The normalized spacial score (nSPS) is 11.8. The van der Waals surface area contributed by atoms with Gasteiger partial charge in [-0.3, -0.25) is 5.32 Å². The Balaban J connectivity index is 1.72. The van der Waals surface area contributed by atoms with Gasteiger partial charge >= 0.3 is 6.01 Å². The number of nitrogens with two attached hydrogens (primary N) is 1. The SMILES string of the molecule is NC(=NCc1ccccc1)Nc1nc2cc(Cl)ccc2o1. The van der Waals surface area contributed by atoms with E-state index in [0.29, 0.717) is 28.7 Å². The molecule has 3 rings (SSSR count). The topological polar surface area (TPSA) is 76.4 Å². The second-order valence-electron chi connectivity index (χ2n) is 4.44. The van der Waals surface area contributed by atoms with Crippen molar-refractivity contribution in [3.05, 3.63) is 59.1 Å². The van der Waals surface area contributed by atoms with Crippen LogP contribution in [0.1, 0.15) is 5.56 Å². The predicted molar refractivity (Wildman–Crippen MR) is 84.4 cm³/mol. The fraction of sp³-hybridized carbons (Fsp3) is 0.0667. The Kier molecular flexibility index (Phi) is 3.75. The highest BCUT2D eigenvalue weighted by atomic mass is 35.5. The molecule has 0 aliphatic rings. The number of guanidine groups is 1. The summed E-state index contributed by atoms with van der Waals surface area (Å²) in [5.41, 5.74) is 8.20. The minimum absolute atomic E-state index is 0.247. The fourth-order valence-corrected chi connectivity index (χ4v) is 2.03. The summed E-state index contributed by atoms with van der Waals surface area (Å²) < 4.78 is 5.50. The molecule has 1 aromatic heterocycles. The Morgan fingerprint density at radius 1 is 1.24 bits per heavy atom. The minimum Gasteiger partial charge on any atom is -0.423 e.